The number of amides is 2. The molecule has 2 aromatic rings. The Morgan fingerprint density at radius 3 is 2.86 bits per heavy atom. The molecule has 1 aliphatic rings. The number of thiophene rings is 1. The lowest BCUT2D eigenvalue weighted by molar-refractivity contribution is -0.128. The van der Waals surface area contributed by atoms with Crippen molar-refractivity contribution in [2.45, 2.75) is 32.7 Å². The summed E-state index contributed by atoms with van der Waals surface area (Å²) in [5, 5.41) is 6.17. The number of rotatable bonds is 5. The van der Waals surface area contributed by atoms with Crippen molar-refractivity contribution in [3.63, 3.8) is 0 Å². The Bertz CT molecular complexity index is 884. The van der Waals surface area contributed by atoms with Crippen molar-refractivity contribution in [2.24, 2.45) is 4.99 Å². The molecular formula is C20H22ClN3O2S2. The molecule has 0 saturated carbocycles. The van der Waals surface area contributed by atoms with E-state index in [1.54, 1.807) is 16.7 Å². The largest absolute Gasteiger partial charge is 0.348 e. The van der Waals surface area contributed by atoms with E-state index in [4.69, 9.17) is 11.6 Å². The number of aliphatic imine (C=N–C) groups is 1. The summed E-state index contributed by atoms with van der Waals surface area (Å²) in [5.74, 6) is 0.723. The van der Waals surface area contributed by atoms with Gasteiger partial charge in [-0.15, -0.1) is 11.3 Å². The van der Waals surface area contributed by atoms with Gasteiger partial charge in [0.05, 0.1) is 18.2 Å². The van der Waals surface area contributed by atoms with Crippen molar-refractivity contribution in [3.05, 3.63) is 51.2 Å². The van der Waals surface area contributed by atoms with E-state index in [9.17, 15) is 9.59 Å². The molecule has 1 aromatic carbocycles. The molecular weight excluding hydrogens is 414 g/mol. The highest BCUT2D eigenvalue weighted by atomic mass is 35.5. The quantitative estimate of drug-likeness (QED) is 0.724. The molecule has 2 heterocycles. The number of nitrogens with one attached hydrogen (secondary N) is 1. The standard InChI is InChI=1S/C20H22ClN3O2S2/c1-13-6-7-15(11-16(13)21)23-20-24(8-4-10-28-20)19(26)12-17(22-14(2)25)18-5-3-9-27-18/h3,5-7,9,11,17H,4,8,10,12H2,1-2H3,(H,22,25). The third kappa shape index (κ3) is 5.37. The zero-order valence-electron chi connectivity index (χ0n) is 15.8. The first-order chi connectivity index (χ1) is 13.4. The van der Waals surface area contributed by atoms with Crippen LogP contribution in [0.2, 0.25) is 5.02 Å². The summed E-state index contributed by atoms with van der Waals surface area (Å²) < 4.78 is 0. The summed E-state index contributed by atoms with van der Waals surface area (Å²) in [6.45, 7) is 4.04. The molecule has 0 radical (unpaired) electrons. The lowest BCUT2D eigenvalue weighted by Crippen LogP contribution is -2.41. The van der Waals surface area contributed by atoms with E-state index >= 15 is 0 Å². The van der Waals surface area contributed by atoms with Gasteiger partial charge in [-0.2, -0.15) is 0 Å². The van der Waals surface area contributed by atoms with Gasteiger partial charge in [-0.1, -0.05) is 35.5 Å². The molecule has 1 saturated heterocycles. The zero-order chi connectivity index (χ0) is 20.1. The number of thioether (sulfide) groups is 1. The molecule has 148 valence electrons. The van der Waals surface area contributed by atoms with Gasteiger partial charge in [-0.25, -0.2) is 4.99 Å². The second-order valence-corrected chi connectivity index (χ2v) is 9.00. The first-order valence-electron chi connectivity index (χ1n) is 9.02. The van der Waals surface area contributed by atoms with Crippen LogP contribution in [0.3, 0.4) is 0 Å². The Kier molecular flexibility index (Phi) is 7.15. The highest BCUT2D eigenvalue weighted by molar-refractivity contribution is 8.13. The van der Waals surface area contributed by atoms with Crippen LogP contribution < -0.4 is 5.32 Å². The number of carbonyl (C=O) groups is 2. The summed E-state index contributed by atoms with van der Waals surface area (Å²) >= 11 is 9.31. The van der Waals surface area contributed by atoms with Crippen LogP contribution in [0.25, 0.3) is 0 Å². The van der Waals surface area contributed by atoms with E-state index in [0.717, 1.165) is 28.3 Å². The Labute approximate surface area is 178 Å². The molecule has 5 nitrogen and oxygen atoms in total. The first kappa shape index (κ1) is 20.9. The van der Waals surface area contributed by atoms with Crippen molar-refractivity contribution in [3.8, 4) is 0 Å². The summed E-state index contributed by atoms with van der Waals surface area (Å²) in [6.07, 6.45) is 1.11. The number of hydrogen-bond acceptors (Lipinski definition) is 5. The molecule has 2 amide bonds. The van der Waals surface area contributed by atoms with Crippen molar-refractivity contribution in [1.82, 2.24) is 10.2 Å². The lowest BCUT2D eigenvalue weighted by Gasteiger charge is -2.29. The monoisotopic (exact) mass is 435 g/mol. The van der Waals surface area contributed by atoms with Crippen LogP contribution in [-0.2, 0) is 9.59 Å². The van der Waals surface area contributed by atoms with Gasteiger partial charge >= 0.3 is 0 Å². The van der Waals surface area contributed by atoms with Crippen LogP contribution in [0, 0.1) is 6.92 Å². The molecule has 1 N–H and O–H groups in total. The molecule has 3 rings (SSSR count). The third-order valence-electron chi connectivity index (χ3n) is 4.31. The molecule has 1 unspecified atom stereocenters. The summed E-state index contributed by atoms with van der Waals surface area (Å²) in [6, 6.07) is 9.17. The second kappa shape index (κ2) is 9.58. The average molecular weight is 436 g/mol. The fourth-order valence-electron chi connectivity index (χ4n) is 2.89. The molecule has 1 fully saturated rings. The maximum atomic E-state index is 13.1. The van der Waals surface area contributed by atoms with E-state index in [1.807, 2.05) is 42.6 Å². The highest BCUT2D eigenvalue weighted by Gasteiger charge is 2.27. The number of benzene rings is 1. The van der Waals surface area contributed by atoms with Crippen molar-refractivity contribution >= 4 is 57.4 Å². The van der Waals surface area contributed by atoms with Gasteiger partial charge < -0.3 is 5.32 Å². The summed E-state index contributed by atoms with van der Waals surface area (Å²) in [7, 11) is 0. The molecule has 1 aliphatic heterocycles. The highest BCUT2D eigenvalue weighted by Crippen LogP contribution is 2.28. The minimum atomic E-state index is -0.327. The SMILES string of the molecule is CC(=O)NC(CC(=O)N1CCCSC1=Nc1ccc(C)c(Cl)c1)c1cccs1. The lowest BCUT2D eigenvalue weighted by atomic mass is 10.1. The number of carbonyl (C=O) groups excluding carboxylic acids is 2. The fraction of sp³-hybridized carbons (Fsp3) is 0.350. The average Bonchev–Trinajstić information content (AvgIpc) is 3.19. The third-order valence-corrected chi connectivity index (χ3v) is 6.77. The minimum Gasteiger partial charge on any atom is -0.348 e. The van der Waals surface area contributed by atoms with Gasteiger partial charge in [0.25, 0.3) is 0 Å². The maximum absolute atomic E-state index is 13.1. The van der Waals surface area contributed by atoms with Crippen LogP contribution in [-0.4, -0.2) is 34.2 Å². The van der Waals surface area contributed by atoms with Crippen molar-refractivity contribution in [1.29, 1.82) is 0 Å². The molecule has 0 spiro atoms. The van der Waals surface area contributed by atoms with E-state index in [1.165, 1.54) is 18.3 Å². The van der Waals surface area contributed by atoms with E-state index in [2.05, 4.69) is 10.3 Å². The van der Waals surface area contributed by atoms with Crippen LogP contribution in [0.1, 0.15) is 36.2 Å². The van der Waals surface area contributed by atoms with Gasteiger partial charge in [-0.05, 0) is 42.5 Å². The normalized spacial score (nSPS) is 16.8. The molecule has 0 aliphatic carbocycles. The predicted molar refractivity (Wildman–Crippen MR) is 118 cm³/mol. The second-order valence-electron chi connectivity index (χ2n) is 6.55. The predicted octanol–water partition coefficient (Wildman–Crippen LogP) is 4.93. The Hall–Kier alpha value is -1.83. The van der Waals surface area contributed by atoms with Crippen LogP contribution in [0.15, 0.2) is 40.7 Å². The Balaban J connectivity index is 1.80. The Morgan fingerprint density at radius 2 is 2.18 bits per heavy atom. The summed E-state index contributed by atoms with van der Waals surface area (Å²) in [4.78, 5) is 32.0. The number of amidine groups is 1. The number of nitrogens with zero attached hydrogens (tertiary/aromatic N) is 2. The topological polar surface area (TPSA) is 61.8 Å². The Morgan fingerprint density at radius 1 is 1.36 bits per heavy atom. The van der Waals surface area contributed by atoms with Crippen LogP contribution >= 0.6 is 34.7 Å². The van der Waals surface area contributed by atoms with Crippen molar-refractivity contribution < 1.29 is 9.59 Å². The smallest absolute Gasteiger partial charge is 0.230 e. The van der Waals surface area contributed by atoms with E-state index in [-0.39, 0.29) is 24.3 Å². The van der Waals surface area contributed by atoms with Gasteiger partial charge in [0.2, 0.25) is 11.8 Å². The van der Waals surface area contributed by atoms with Gasteiger partial charge in [0.15, 0.2) is 5.17 Å². The minimum absolute atomic E-state index is 0.0451. The van der Waals surface area contributed by atoms with Gasteiger partial charge in [0.1, 0.15) is 0 Å². The molecule has 8 heteroatoms. The summed E-state index contributed by atoms with van der Waals surface area (Å²) in [5.41, 5.74) is 1.72. The van der Waals surface area contributed by atoms with Crippen molar-refractivity contribution in [2.75, 3.05) is 12.3 Å². The van der Waals surface area contributed by atoms with Gasteiger partial charge in [0, 0.05) is 29.1 Å². The number of hydrogen-bond donors (Lipinski definition) is 1. The molecule has 0 bridgehead atoms. The number of halogens is 1. The fourth-order valence-corrected chi connectivity index (χ4v) is 4.82. The van der Waals surface area contributed by atoms with Gasteiger partial charge in [-0.3, -0.25) is 14.5 Å². The number of aryl methyl sites for hydroxylation is 1. The first-order valence-corrected chi connectivity index (χ1v) is 11.3. The van der Waals surface area contributed by atoms with E-state index in [0.29, 0.717) is 16.7 Å². The molecule has 28 heavy (non-hydrogen) atoms. The maximum Gasteiger partial charge on any atom is 0.230 e. The molecule has 1 aromatic heterocycles. The molecule has 1 atom stereocenters. The van der Waals surface area contributed by atoms with Crippen LogP contribution in [0.4, 0.5) is 5.69 Å². The van der Waals surface area contributed by atoms with Crippen LogP contribution in [0.5, 0.6) is 0 Å². The van der Waals surface area contributed by atoms with E-state index < -0.39 is 0 Å². The zero-order valence-corrected chi connectivity index (χ0v) is 18.2.